The molecule has 0 aliphatic rings. The molecule has 2 nitrogen and oxygen atoms in total. The van der Waals surface area contributed by atoms with Crippen molar-refractivity contribution < 1.29 is 0 Å². The van der Waals surface area contributed by atoms with Gasteiger partial charge in [0.1, 0.15) is 5.15 Å². The van der Waals surface area contributed by atoms with Crippen molar-refractivity contribution >= 4 is 35.1 Å². The van der Waals surface area contributed by atoms with Crippen LogP contribution in [0.2, 0.25) is 5.15 Å². The van der Waals surface area contributed by atoms with E-state index in [1.165, 1.54) is 0 Å². The monoisotopic (exact) mass is 160 g/mol. The Morgan fingerprint density at radius 2 is 2.09 bits per heavy atom. The van der Waals surface area contributed by atoms with Crippen LogP contribution >= 0.6 is 11.6 Å². The first-order valence-electron chi connectivity index (χ1n) is 3.00. The highest BCUT2D eigenvalue weighted by atomic mass is 35.5. The molecule has 0 aliphatic heterocycles. The maximum Gasteiger partial charge on any atom is 0.128 e. The topological polar surface area (TPSA) is 17.8 Å². The predicted molar refractivity (Wildman–Crippen MR) is 47.2 cm³/mol. The largest absolute Gasteiger partial charge is 0.274 e. The molecule has 0 aromatic carbocycles. The molecule has 0 N–H and O–H groups in total. The highest BCUT2D eigenvalue weighted by Crippen LogP contribution is 2.17. The van der Waals surface area contributed by atoms with Gasteiger partial charge in [0, 0.05) is 5.56 Å². The van der Waals surface area contributed by atoms with Gasteiger partial charge in [-0.25, -0.2) is 0 Å². The lowest BCUT2D eigenvalue weighted by Gasteiger charge is -2.21. The van der Waals surface area contributed by atoms with Crippen molar-refractivity contribution in [3.05, 3.63) is 16.9 Å². The number of nitrogens with zero attached hydrogens (tertiary/aromatic N) is 2. The van der Waals surface area contributed by atoms with Crippen LogP contribution in [0.1, 0.15) is 5.56 Å². The molecular formula is C5H4B3ClN2. The SMILES string of the molecule is [B]C([B])([B])n1ncc(C)c1Cl. The summed E-state index contributed by atoms with van der Waals surface area (Å²) in [4.78, 5) is 0. The van der Waals surface area contributed by atoms with E-state index < -0.39 is 5.24 Å². The van der Waals surface area contributed by atoms with Gasteiger partial charge in [-0.1, -0.05) is 11.6 Å². The lowest BCUT2D eigenvalue weighted by Crippen LogP contribution is -2.36. The molecule has 0 saturated heterocycles. The Bertz CT molecular complexity index is 265. The van der Waals surface area contributed by atoms with Gasteiger partial charge in [-0.2, -0.15) is 5.10 Å². The van der Waals surface area contributed by atoms with Gasteiger partial charge in [-0.3, -0.25) is 4.68 Å². The highest BCUT2D eigenvalue weighted by molar-refractivity contribution is 6.56. The van der Waals surface area contributed by atoms with Crippen LogP contribution in [0.3, 0.4) is 0 Å². The molecule has 50 valence electrons. The third-order valence-electron chi connectivity index (χ3n) is 1.25. The molecule has 0 saturated carbocycles. The molecule has 1 rings (SSSR count). The smallest absolute Gasteiger partial charge is 0.128 e. The minimum atomic E-state index is -1.52. The Hall–Kier alpha value is -0.305. The lowest BCUT2D eigenvalue weighted by molar-refractivity contribution is 0.672. The summed E-state index contributed by atoms with van der Waals surface area (Å²) < 4.78 is 1.16. The normalized spacial score (nSPS) is 11.8. The molecule has 1 heterocycles. The Morgan fingerprint density at radius 1 is 1.55 bits per heavy atom. The summed E-state index contributed by atoms with van der Waals surface area (Å²) in [6.45, 7) is 1.79. The van der Waals surface area contributed by atoms with Crippen LogP contribution in [-0.4, -0.2) is 33.3 Å². The summed E-state index contributed by atoms with van der Waals surface area (Å²) in [6, 6.07) is 0. The Balaban J connectivity index is 3.15. The maximum atomic E-state index is 5.75. The third kappa shape index (κ3) is 1.64. The molecule has 0 aliphatic carbocycles. The van der Waals surface area contributed by atoms with Gasteiger partial charge in [-0.05, 0) is 12.2 Å². The summed E-state index contributed by atoms with van der Waals surface area (Å²) in [7, 11) is 16.0. The highest BCUT2D eigenvalue weighted by Gasteiger charge is 2.16. The molecular weight excluding hydrogens is 156 g/mol. The van der Waals surface area contributed by atoms with Gasteiger partial charge >= 0.3 is 0 Å². The molecule has 6 heteroatoms. The molecule has 0 atom stereocenters. The molecule has 6 radical (unpaired) electrons. The van der Waals surface area contributed by atoms with E-state index in [1.54, 1.807) is 13.1 Å². The second-order valence-corrected chi connectivity index (χ2v) is 2.78. The van der Waals surface area contributed by atoms with E-state index in [2.05, 4.69) is 5.10 Å². The predicted octanol–water partition coefficient (Wildman–Crippen LogP) is -0.0818. The van der Waals surface area contributed by atoms with Crippen molar-refractivity contribution in [3.8, 4) is 0 Å². The van der Waals surface area contributed by atoms with Crippen molar-refractivity contribution in [2.75, 3.05) is 0 Å². The summed E-state index contributed by atoms with van der Waals surface area (Å²) in [5.74, 6) is 0. The molecule has 1 aromatic rings. The van der Waals surface area contributed by atoms with Crippen molar-refractivity contribution in [3.63, 3.8) is 0 Å². The fourth-order valence-electron chi connectivity index (χ4n) is 0.685. The van der Waals surface area contributed by atoms with Crippen molar-refractivity contribution in [2.24, 2.45) is 0 Å². The summed E-state index contributed by atoms with van der Waals surface area (Å²) >= 11 is 5.75. The number of aryl methyl sites for hydroxylation is 1. The van der Waals surface area contributed by atoms with E-state index in [9.17, 15) is 0 Å². The van der Waals surface area contributed by atoms with Crippen molar-refractivity contribution in [1.82, 2.24) is 9.78 Å². The van der Waals surface area contributed by atoms with Crippen LogP contribution in [0.25, 0.3) is 0 Å². The van der Waals surface area contributed by atoms with Crippen molar-refractivity contribution in [2.45, 2.75) is 12.2 Å². The fourth-order valence-corrected chi connectivity index (χ4v) is 0.924. The van der Waals surface area contributed by atoms with Crippen molar-refractivity contribution in [1.29, 1.82) is 0 Å². The number of aromatic nitrogens is 2. The molecule has 11 heavy (non-hydrogen) atoms. The summed E-state index contributed by atoms with van der Waals surface area (Å²) in [5, 5.41) is 2.63. The van der Waals surface area contributed by atoms with Gasteiger partial charge in [0.2, 0.25) is 0 Å². The van der Waals surface area contributed by atoms with Gasteiger partial charge in [-0.15, -0.1) is 0 Å². The zero-order chi connectivity index (χ0) is 8.65. The van der Waals surface area contributed by atoms with Gasteiger partial charge in [0.15, 0.2) is 0 Å². The Labute approximate surface area is 74.5 Å². The van der Waals surface area contributed by atoms with E-state index in [0.29, 0.717) is 5.15 Å². The lowest BCUT2D eigenvalue weighted by atomic mass is 9.49. The quantitative estimate of drug-likeness (QED) is 0.525. The van der Waals surface area contributed by atoms with Gasteiger partial charge < -0.3 is 0 Å². The van der Waals surface area contributed by atoms with E-state index in [4.69, 9.17) is 35.1 Å². The number of hydrogen-bond donors (Lipinski definition) is 0. The van der Waals surface area contributed by atoms with Crippen LogP contribution in [-0.2, 0) is 5.24 Å². The number of rotatable bonds is 1. The van der Waals surface area contributed by atoms with E-state index >= 15 is 0 Å². The summed E-state index contributed by atoms with van der Waals surface area (Å²) in [5.41, 5.74) is 0.789. The number of hydrogen-bond acceptors (Lipinski definition) is 1. The average molecular weight is 160 g/mol. The molecule has 0 bridgehead atoms. The van der Waals surface area contributed by atoms with Crippen LogP contribution in [0.15, 0.2) is 6.20 Å². The minimum Gasteiger partial charge on any atom is -0.274 e. The van der Waals surface area contributed by atoms with E-state index in [-0.39, 0.29) is 0 Å². The molecule has 0 fully saturated rings. The van der Waals surface area contributed by atoms with Crippen LogP contribution < -0.4 is 0 Å². The minimum absolute atomic E-state index is 0.359. The third-order valence-corrected chi connectivity index (χ3v) is 1.70. The van der Waals surface area contributed by atoms with Crippen LogP contribution in [0.5, 0.6) is 0 Å². The first kappa shape index (κ1) is 8.79. The second-order valence-electron chi connectivity index (χ2n) is 2.42. The molecule has 0 spiro atoms. The van der Waals surface area contributed by atoms with Crippen LogP contribution in [0, 0.1) is 6.92 Å². The number of halogens is 1. The zero-order valence-corrected chi connectivity index (χ0v) is 6.84. The van der Waals surface area contributed by atoms with Crippen LogP contribution in [0.4, 0.5) is 0 Å². The summed E-state index contributed by atoms with van der Waals surface area (Å²) in [6.07, 6.45) is 1.55. The zero-order valence-electron chi connectivity index (χ0n) is 6.08. The van der Waals surface area contributed by atoms with Gasteiger partial charge in [0.05, 0.1) is 29.7 Å². The molecule has 0 amide bonds. The second kappa shape index (κ2) is 2.63. The van der Waals surface area contributed by atoms with Gasteiger partial charge in [0.25, 0.3) is 0 Å². The molecule has 1 aromatic heterocycles. The average Bonchev–Trinajstić information content (AvgIpc) is 2.11. The van der Waals surface area contributed by atoms with E-state index in [1.807, 2.05) is 0 Å². The first-order chi connectivity index (χ1) is 4.93. The van der Waals surface area contributed by atoms with E-state index in [0.717, 1.165) is 10.2 Å². The standard InChI is InChI=1S/C5H4B3ClN2/c1-3-2-10-11(4(3)9)5(6,7)8/h2H,1H3. The maximum absolute atomic E-state index is 5.75. The Morgan fingerprint density at radius 3 is 2.27 bits per heavy atom. The Kier molecular flexibility index (Phi) is 2.10. The molecule has 0 unspecified atom stereocenters. The fraction of sp³-hybridized carbons (Fsp3) is 0.400. The first-order valence-corrected chi connectivity index (χ1v) is 3.38.